The predicted octanol–water partition coefficient (Wildman–Crippen LogP) is 0.668. The standard InChI is InChI=1S/C12H22N6OS/c1-5-6-14-10(19)8(2)20-7-9-15-11(13)17-12(16-9)18(3)4/h8H,5-7H2,1-4H3,(H,14,19)(H2,13,15,16,17). The van der Waals surface area contributed by atoms with Gasteiger partial charge in [-0.15, -0.1) is 11.8 Å². The summed E-state index contributed by atoms with van der Waals surface area (Å²) in [5.41, 5.74) is 5.65. The third-order valence-corrected chi connectivity index (χ3v) is 3.61. The average molecular weight is 298 g/mol. The lowest BCUT2D eigenvalue weighted by molar-refractivity contribution is -0.120. The van der Waals surface area contributed by atoms with Gasteiger partial charge in [0.05, 0.1) is 11.0 Å². The maximum atomic E-state index is 11.7. The van der Waals surface area contributed by atoms with E-state index < -0.39 is 0 Å². The summed E-state index contributed by atoms with van der Waals surface area (Å²) in [6.45, 7) is 4.59. The highest BCUT2D eigenvalue weighted by molar-refractivity contribution is 7.99. The molecular formula is C12H22N6OS. The van der Waals surface area contributed by atoms with Crippen molar-refractivity contribution in [3.8, 4) is 0 Å². The highest BCUT2D eigenvalue weighted by atomic mass is 32.2. The Morgan fingerprint density at radius 1 is 1.40 bits per heavy atom. The second kappa shape index (κ2) is 7.88. The fourth-order valence-corrected chi connectivity index (χ4v) is 2.12. The quantitative estimate of drug-likeness (QED) is 0.763. The Morgan fingerprint density at radius 2 is 2.10 bits per heavy atom. The molecule has 1 atom stereocenters. The van der Waals surface area contributed by atoms with Crippen LogP contribution in [0.1, 0.15) is 26.1 Å². The van der Waals surface area contributed by atoms with Gasteiger partial charge in [-0.25, -0.2) is 0 Å². The van der Waals surface area contributed by atoms with Crippen LogP contribution >= 0.6 is 11.8 Å². The molecule has 0 saturated heterocycles. The molecular weight excluding hydrogens is 276 g/mol. The van der Waals surface area contributed by atoms with Crippen molar-refractivity contribution in [2.24, 2.45) is 0 Å². The lowest BCUT2D eigenvalue weighted by Crippen LogP contribution is -2.31. The molecule has 0 bridgehead atoms. The number of nitrogen functional groups attached to an aromatic ring is 1. The van der Waals surface area contributed by atoms with E-state index in [4.69, 9.17) is 5.73 Å². The molecule has 0 spiro atoms. The largest absolute Gasteiger partial charge is 0.368 e. The molecule has 0 aromatic carbocycles. The van der Waals surface area contributed by atoms with Gasteiger partial charge in [0, 0.05) is 20.6 Å². The Labute approximate surface area is 123 Å². The van der Waals surface area contributed by atoms with Crippen molar-refractivity contribution < 1.29 is 4.79 Å². The Balaban J connectivity index is 2.59. The summed E-state index contributed by atoms with van der Waals surface area (Å²) in [5, 5.41) is 2.71. The van der Waals surface area contributed by atoms with E-state index >= 15 is 0 Å². The molecule has 1 heterocycles. The van der Waals surface area contributed by atoms with Crippen LogP contribution in [0.5, 0.6) is 0 Å². The van der Waals surface area contributed by atoms with Crippen LogP contribution in [0.15, 0.2) is 0 Å². The van der Waals surface area contributed by atoms with E-state index in [0.717, 1.165) is 6.42 Å². The number of carbonyl (C=O) groups excluding carboxylic acids is 1. The molecule has 1 rings (SSSR count). The first-order valence-electron chi connectivity index (χ1n) is 6.51. The summed E-state index contributed by atoms with van der Waals surface area (Å²) in [6, 6.07) is 0. The molecule has 3 N–H and O–H groups in total. The number of rotatable bonds is 7. The average Bonchev–Trinajstić information content (AvgIpc) is 2.41. The summed E-state index contributed by atoms with van der Waals surface area (Å²) < 4.78 is 0. The van der Waals surface area contributed by atoms with E-state index in [0.29, 0.717) is 24.1 Å². The maximum absolute atomic E-state index is 11.7. The smallest absolute Gasteiger partial charge is 0.232 e. The lowest BCUT2D eigenvalue weighted by Gasteiger charge is -2.13. The predicted molar refractivity (Wildman–Crippen MR) is 82.6 cm³/mol. The molecule has 7 nitrogen and oxygen atoms in total. The van der Waals surface area contributed by atoms with E-state index in [1.54, 1.807) is 4.90 Å². The van der Waals surface area contributed by atoms with Gasteiger partial charge in [-0.2, -0.15) is 15.0 Å². The molecule has 112 valence electrons. The minimum absolute atomic E-state index is 0.0340. The highest BCUT2D eigenvalue weighted by Gasteiger charge is 2.14. The zero-order valence-electron chi connectivity index (χ0n) is 12.4. The fourth-order valence-electron chi connectivity index (χ4n) is 1.36. The molecule has 1 unspecified atom stereocenters. The number of nitrogens with one attached hydrogen (secondary N) is 1. The third kappa shape index (κ3) is 5.20. The van der Waals surface area contributed by atoms with Gasteiger partial charge in [-0.3, -0.25) is 4.79 Å². The van der Waals surface area contributed by atoms with Crippen molar-refractivity contribution >= 4 is 29.6 Å². The van der Waals surface area contributed by atoms with Gasteiger partial charge in [-0.05, 0) is 13.3 Å². The van der Waals surface area contributed by atoms with Gasteiger partial charge < -0.3 is 16.0 Å². The Bertz CT molecular complexity index is 454. The summed E-state index contributed by atoms with van der Waals surface area (Å²) in [7, 11) is 3.68. The zero-order valence-corrected chi connectivity index (χ0v) is 13.2. The number of hydrogen-bond donors (Lipinski definition) is 2. The number of carbonyl (C=O) groups is 1. The monoisotopic (exact) mass is 298 g/mol. The highest BCUT2D eigenvalue weighted by Crippen LogP contribution is 2.17. The molecule has 1 amide bonds. The zero-order chi connectivity index (χ0) is 15.1. The molecule has 0 aliphatic heterocycles. The Morgan fingerprint density at radius 3 is 2.70 bits per heavy atom. The van der Waals surface area contributed by atoms with Crippen LogP contribution in [0.25, 0.3) is 0 Å². The van der Waals surface area contributed by atoms with Crippen LogP contribution in [-0.2, 0) is 10.5 Å². The van der Waals surface area contributed by atoms with Crippen molar-refractivity contribution in [2.75, 3.05) is 31.3 Å². The molecule has 20 heavy (non-hydrogen) atoms. The number of amides is 1. The van der Waals surface area contributed by atoms with Crippen molar-refractivity contribution in [3.63, 3.8) is 0 Å². The number of nitrogens with two attached hydrogens (primary N) is 1. The fraction of sp³-hybridized carbons (Fsp3) is 0.667. The van der Waals surface area contributed by atoms with Crippen LogP contribution in [0, 0.1) is 0 Å². The minimum atomic E-state index is -0.151. The first kappa shape index (κ1) is 16.5. The molecule has 0 saturated carbocycles. The first-order valence-corrected chi connectivity index (χ1v) is 7.56. The normalized spacial score (nSPS) is 12.0. The van der Waals surface area contributed by atoms with Crippen molar-refractivity contribution in [1.82, 2.24) is 20.3 Å². The van der Waals surface area contributed by atoms with Crippen molar-refractivity contribution in [2.45, 2.75) is 31.3 Å². The van der Waals surface area contributed by atoms with Crippen molar-refractivity contribution in [3.05, 3.63) is 5.82 Å². The molecule has 0 aliphatic rings. The van der Waals surface area contributed by atoms with E-state index in [9.17, 15) is 4.79 Å². The number of thioether (sulfide) groups is 1. The van der Waals surface area contributed by atoms with Crippen LogP contribution in [0.3, 0.4) is 0 Å². The molecule has 0 radical (unpaired) electrons. The van der Waals surface area contributed by atoms with Gasteiger partial charge in [0.2, 0.25) is 17.8 Å². The maximum Gasteiger partial charge on any atom is 0.232 e. The Hall–Kier alpha value is -1.57. The van der Waals surface area contributed by atoms with Gasteiger partial charge >= 0.3 is 0 Å². The molecule has 1 aromatic heterocycles. The summed E-state index contributed by atoms with van der Waals surface area (Å²) in [4.78, 5) is 25.9. The summed E-state index contributed by atoms with van der Waals surface area (Å²) in [5.74, 6) is 1.86. The lowest BCUT2D eigenvalue weighted by atomic mass is 10.4. The minimum Gasteiger partial charge on any atom is -0.368 e. The van der Waals surface area contributed by atoms with E-state index in [1.807, 2.05) is 27.9 Å². The summed E-state index contributed by atoms with van der Waals surface area (Å²) >= 11 is 1.48. The number of aromatic nitrogens is 3. The van der Waals surface area contributed by atoms with Gasteiger partial charge in [0.1, 0.15) is 5.82 Å². The van der Waals surface area contributed by atoms with Crippen molar-refractivity contribution in [1.29, 1.82) is 0 Å². The van der Waals surface area contributed by atoms with Crippen LogP contribution in [-0.4, -0.2) is 46.7 Å². The first-order chi connectivity index (χ1) is 9.43. The topological polar surface area (TPSA) is 97.0 Å². The van der Waals surface area contributed by atoms with Gasteiger partial charge in [-0.1, -0.05) is 6.92 Å². The number of hydrogen-bond acceptors (Lipinski definition) is 7. The SMILES string of the molecule is CCCNC(=O)C(C)SCc1nc(N)nc(N(C)C)n1. The van der Waals surface area contributed by atoms with E-state index in [1.165, 1.54) is 11.8 Å². The second-order valence-electron chi connectivity index (χ2n) is 4.55. The van der Waals surface area contributed by atoms with Crippen LogP contribution in [0.2, 0.25) is 0 Å². The summed E-state index contributed by atoms with van der Waals surface area (Å²) in [6.07, 6.45) is 0.930. The van der Waals surface area contributed by atoms with E-state index in [-0.39, 0.29) is 17.1 Å². The van der Waals surface area contributed by atoms with Gasteiger partial charge in [0.15, 0.2) is 0 Å². The molecule has 8 heteroatoms. The molecule has 1 aromatic rings. The molecule has 0 fully saturated rings. The van der Waals surface area contributed by atoms with Gasteiger partial charge in [0.25, 0.3) is 0 Å². The van der Waals surface area contributed by atoms with E-state index in [2.05, 4.69) is 20.3 Å². The number of nitrogens with zero attached hydrogens (tertiary/aromatic N) is 4. The van der Waals surface area contributed by atoms with Crippen LogP contribution in [0.4, 0.5) is 11.9 Å². The van der Waals surface area contributed by atoms with Crippen LogP contribution < -0.4 is 16.0 Å². The molecule has 0 aliphatic carbocycles. The number of anilines is 2. The second-order valence-corrected chi connectivity index (χ2v) is 5.88. The Kier molecular flexibility index (Phi) is 6.50. The third-order valence-electron chi connectivity index (χ3n) is 2.47.